The molecule has 3 aliphatic carbocycles. The number of carbonyl (C=O) groups is 2. The number of Topliss-reactive ketones (excluding diaryl/α,β-unsaturated/α-hetero) is 1. The predicted molar refractivity (Wildman–Crippen MR) is 36.7 cm³/mol. The SMILES string of the molecule is COC(=O)[C@@H]1[C@@H]2CC(=O)[C@H]1C2. The summed E-state index contributed by atoms with van der Waals surface area (Å²) in [5.74, 6) is 0.280. The van der Waals surface area contributed by atoms with Crippen molar-refractivity contribution in [3.8, 4) is 0 Å². The van der Waals surface area contributed by atoms with Crippen LogP contribution in [0.4, 0.5) is 0 Å². The Labute approximate surface area is 64.7 Å². The number of ketones is 1. The molecule has 2 bridgehead atoms. The largest absolute Gasteiger partial charge is 0.469 e. The van der Waals surface area contributed by atoms with Gasteiger partial charge in [0.05, 0.1) is 13.0 Å². The summed E-state index contributed by atoms with van der Waals surface area (Å²) in [6, 6.07) is 0. The molecule has 0 heterocycles. The van der Waals surface area contributed by atoms with E-state index >= 15 is 0 Å². The van der Waals surface area contributed by atoms with Gasteiger partial charge in [-0.15, -0.1) is 0 Å². The molecule has 0 aromatic carbocycles. The highest BCUT2D eigenvalue weighted by molar-refractivity contribution is 5.93. The van der Waals surface area contributed by atoms with Gasteiger partial charge in [0, 0.05) is 12.3 Å². The summed E-state index contributed by atoms with van der Waals surface area (Å²) in [5, 5.41) is 0. The fourth-order valence-electron chi connectivity index (χ4n) is 2.20. The van der Waals surface area contributed by atoms with Crippen LogP contribution in [-0.4, -0.2) is 18.9 Å². The van der Waals surface area contributed by atoms with E-state index in [4.69, 9.17) is 0 Å². The molecular weight excluding hydrogens is 144 g/mol. The minimum absolute atomic E-state index is 0.00690. The second kappa shape index (κ2) is 2.06. The fourth-order valence-corrected chi connectivity index (χ4v) is 2.20. The lowest BCUT2D eigenvalue weighted by molar-refractivity contribution is -0.154. The third-order valence-corrected chi connectivity index (χ3v) is 2.85. The molecular formula is C8H10O3. The number of hydrogen-bond donors (Lipinski definition) is 0. The molecule has 3 heteroatoms. The summed E-state index contributed by atoms with van der Waals surface area (Å²) >= 11 is 0. The first-order chi connectivity index (χ1) is 5.24. The molecule has 0 unspecified atom stereocenters. The van der Waals surface area contributed by atoms with Crippen molar-refractivity contribution in [2.45, 2.75) is 12.8 Å². The summed E-state index contributed by atoms with van der Waals surface area (Å²) < 4.78 is 4.59. The molecule has 60 valence electrons. The average molecular weight is 154 g/mol. The fraction of sp³-hybridized carbons (Fsp3) is 0.750. The summed E-state index contributed by atoms with van der Waals surface area (Å²) in [4.78, 5) is 22.1. The second-order valence-corrected chi connectivity index (χ2v) is 3.32. The van der Waals surface area contributed by atoms with E-state index in [0.717, 1.165) is 6.42 Å². The number of rotatable bonds is 1. The van der Waals surface area contributed by atoms with Crippen molar-refractivity contribution >= 4 is 11.8 Å². The van der Waals surface area contributed by atoms with Gasteiger partial charge in [0.2, 0.25) is 0 Å². The van der Waals surface area contributed by atoms with Crippen molar-refractivity contribution in [2.75, 3.05) is 7.11 Å². The first-order valence-electron chi connectivity index (χ1n) is 3.84. The molecule has 0 amide bonds. The molecule has 0 saturated heterocycles. The predicted octanol–water partition coefficient (Wildman–Crippen LogP) is 0.384. The molecule has 11 heavy (non-hydrogen) atoms. The number of carbonyl (C=O) groups excluding carboxylic acids is 2. The van der Waals surface area contributed by atoms with Gasteiger partial charge in [-0.1, -0.05) is 0 Å². The standard InChI is InChI=1S/C8H10O3/c1-11-8(10)7-4-2-5(7)6(9)3-4/h4-5,7H,2-3H2,1H3/t4-,5+,7+/m0/s1. The van der Waals surface area contributed by atoms with Crippen LogP contribution < -0.4 is 0 Å². The minimum atomic E-state index is -0.197. The van der Waals surface area contributed by atoms with E-state index in [2.05, 4.69) is 4.74 Å². The molecule has 0 aromatic rings. The number of fused-ring (bicyclic) bond motifs is 1. The highest BCUT2D eigenvalue weighted by Crippen LogP contribution is 2.51. The monoisotopic (exact) mass is 154 g/mol. The molecule has 0 aliphatic heterocycles. The van der Waals surface area contributed by atoms with Crippen LogP contribution in [0.25, 0.3) is 0 Å². The van der Waals surface area contributed by atoms with Crippen molar-refractivity contribution in [3.05, 3.63) is 0 Å². The zero-order chi connectivity index (χ0) is 8.01. The second-order valence-electron chi connectivity index (χ2n) is 3.32. The van der Waals surface area contributed by atoms with E-state index in [1.165, 1.54) is 7.11 Å². The maximum absolute atomic E-state index is 11.0. The van der Waals surface area contributed by atoms with Gasteiger partial charge in [0.1, 0.15) is 5.78 Å². The Bertz CT molecular complexity index is 221. The molecule has 0 radical (unpaired) electrons. The number of methoxy groups -OCH3 is 1. The van der Waals surface area contributed by atoms with Gasteiger partial charge in [-0.05, 0) is 12.3 Å². The van der Waals surface area contributed by atoms with E-state index in [1.54, 1.807) is 0 Å². The highest BCUT2D eigenvalue weighted by Gasteiger charge is 2.56. The minimum Gasteiger partial charge on any atom is -0.469 e. The lowest BCUT2D eigenvalue weighted by atomic mass is 9.72. The Hall–Kier alpha value is -0.860. The van der Waals surface area contributed by atoms with Crippen molar-refractivity contribution in [1.29, 1.82) is 0 Å². The highest BCUT2D eigenvalue weighted by atomic mass is 16.5. The normalized spacial score (nSPS) is 40.1. The van der Waals surface area contributed by atoms with E-state index in [-0.39, 0.29) is 23.6 Å². The maximum atomic E-state index is 11.0. The Morgan fingerprint density at radius 2 is 2.36 bits per heavy atom. The molecule has 3 nitrogen and oxygen atoms in total. The Morgan fingerprint density at radius 3 is 2.73 bits per heavy atom. The molecule has 3 atom stereocenters. The molecule has 0 N–H and O–H groups in total. The molecule has 3 rings (SSSR count). The smallest absolute Gasteiger partial charge is 0.309 e. The van der Waals surface area contributed by atoms with Crippen molar-refractivity contribution in [1.82, 2.24) is 0 Å². The molecule has 3 aliphatic rings. The average Bonchev–Trinajstić information content (AvgIpc) is 2.43. The van der Waals surface area contributed by atoms with Gasteiger partial charge in [-0.2, -0.15) is 0 Å². The van der Waals surface area contributed by atoms with E-state index in [9.17, 15) is 9.59 Å². The third-order valence-electron chi connectivity index (χ3n) is 2.85. The maximum Gasteiger partial charge on any atom is 0.309 e. The van der Waals surface area contributed by atoms with E-state index < -0.39 is 0 Å². The Kier molecular flexibility index (Phi) is 1.28. The lowest BCUT2D eigenvalue weighted by Crippen LogP contribution is -2.37. The number of esters is 1. The number of ether oxygens (including phenoxy) is 1. The van der Waals surface area contributed by atoms with Crippen LogP contribution >= 0.6 is 0 Å². The van der Waals surface area contributed by atoms with Gasteiger partial charge < -0.3 is 4.74 Å². The zero-order valence-electron chi connectivity index (χ0n) is 6.37. The summed E-state index contributed by atoms with van der Waals surface area (Å²) in [7, 11) is 1.38. The van der Waals surface area contributed by atoms with Gasteiger partial charge in [-0.25, -0.2) is 0 Å². The van der Waals surface area contributed by atoms with Crippen LogP contribution in [0.15, 0.2) is 0 Å². The summed E-state index contributed by atoms with van der Waals surface area (Å²) in [6.45, 7) is 0. The van der Waals surface area contributed by atoms with Gasteiger partial charge >= 0.3 is 5.97 Å². The summed E-state index contributed by atoms with van der Waals surface area (Å²) in [6.07, 6.45) is 1.52. The van der Waals surface area contributed by atoms with Gasteiger partial charge in [0.25, 0.3) is 0 Å². The summed E-state index contributed by atoms with van der Waals surface area (Å²) in [5.41, 5.74) is 0. The van der Waals surface area contributed by atoms with Crippen LogP contribution in [0, 0.1) is 17.8 Å². The van der Waals surface area contributed by atoms with E-state index in [1.807, 2.05) is 0 Å². The first-order valence-corrected chi connectivity index (χ1v) is 3.84. The van der Waals surface area contributed by atoms with Crippen LogP contribution in [0.1, 0.15) is 12.8 Å². The van der Waals surface area contributed by atoms with Crippen molar-refractivity contribution in [2.24, 2.45) is 17.8 Å². The van der Waals surface area contributed by atoms with Crippen molar-refractivity contribution in [3.63, 3.8) is 0 Å². The van der Waals surface area contributed by atoms with Crippen LogP contribution in [-0.2, 0) is 14.3 Å². The number of hydrogen-bond acceptors (Lipinski definition) is 3. The van der Waals surface area contributed by atoms with Crippen LogP contribution in [0.2, 0.25) is 0 Å². The lowest BCUT2D eigenvalue weighted by Gasteiger charge is -2.31. The van der Waals surface area contributed by atoms with Gasteiger partial charge in [-0.3, -0.25) is 9.59 Å². The quantitative estimate of drug-likeness (QED) is 0.513. The van der Waals surface area contributed by atoms with Crippen LogP contribution in [0.5, 0.6) is 0 Å². The Morgan fingerprint density at radius 1 is 1.64 bits per heavy atom. The van der Waals surface area contributed by atoms with Gasteiger partial charge in [0.15, 0.2) is 0 Å². The van der Waals surface area contributed by atoms with Crippen molar-refractivity contribution < 1.29 is 14.3 Å². The molecule has 3 fully saturated rings. The Balaban J connectivity index is 2.10. The van der Waals surface area contributed by atoms with Crippen LogP contribution in [0.3, 0.4) is 0 Å². The first kappa shape index (κ1) is 6.83. The molecule has 0 aromatic heterocycles. The zero-order valence-corrected chi connectivity index (χ0v) is 6.37. The molecule has 0 spiro atoms. The topological polar surface area (TPSA) is 43.4 Å². The van der Waals surface area contributed by atoms with E-state index in [0.29, 0.717) is 12.3 Å². The molecule has 3 saturated carbocycles. The third kappa shape index (κ3) is 0.737.